The zero-order valence-corrected chi connectivity index (χ0v) is 26.6. The van der Waals surface area contributed by atoms with Crippen LogP contribution in [0.5, 0.6) is 0 Å². The van der Waals surface area contributed by atoms with Crippen molar-refractivity contribution in [1.82, 2.24) is 9.13 Å². The second-order valence-corrected chi connectivity index (χ2v) is 12.4. The molecule has 246 valence electrons. The largest absolute Gasteiger partial charge is 0.417 e. The molecule has 0 bridgehead atoms. The average Bonchev–Trinajstić information content (AvgIpc) is 3.61. The normalized spacial score (nSPS) is 12.4. The highest BCUT2D eigenvalue weighted by molar-refractivity contribution is 6.12. The second kappa shape index (κ2) is 11.0. The fourth-order valence-electron chi connectivity index (χ4n) is 7.28. The van der Waals surface area contributed by atoms with Gasteiger partial charge in [0, 0.05) is 27.1 Å². The monoisotopic (exact) mass is 673 g/mol. The quantitative estimate of drug-likeness (QED) is 0.131. The van der Waals surface area contributed by atoms with E-state index in [0.717, 1.165) is 50.3 Å². The zero-order chi connectivity index (χ0) is 35.1. The van der Waals surface area contributed by atoms with E-state index in [4.69, 9.17) is 6.57 Å². The highest BCUT2D eigenvalue weighted by Crippen LogP contribution is 2.47. The van der Waals surface area contributed by atoms with E-state index in [0.29, 0.717) is 34.4 Å². The van der Waals surface area contributed by atoms with Crippen molar-refractivity contribution < 1.29 is 26.3 Å². The summed E-state index contributed by atoms with van der Waals surface area (Å²) in [6.45, 7) is 11.3. The Morgan fingerprint density at radius 1 is 0.540 bits per heavy atom. The summed E-state index contributed by atoms with van der Waals surface area (Å²) in [7, 11) is 0. The number of hydrogen-bond donors (Lipinski definition) is 0. The summed E-state index contributed by atoms with van der Waals surface area (Å²) >= 11 is 0. The molecule has 0 amide bonds. The molecule has 2 aromatic heterocycles. The highest BCUT2D eigenvalue weighted by atomic mass is 19.4. The van der Waals surface area contributed by atoms with Crippen LogP contribution >= 0.6 is 0 Å². The SMILES string of the molecule is [C-]#[N+]c1cc(-c2cc(-n3c4ccccc4c4cccc(C)c43)c(-n3c4ccccc4c4cccc(C)c43)cc2C(F)(F)F)cc(C(F)(F)F)c1. The average molecular weight is 674 g/mol. The number of hydrogen-bond acceptors (Lipinski definition) is 0. The first-order valence-electron chi connectivity index (χ1n) is 15.7. The Morgan fingerprint density at radius 3 is 1.54 bits per heavy atom. The molecule has 3 nitrogen and oxygen atoms in total. The van der Waals surface area contributed by atoms with E-state index in [-0.39, 0.29) is 11.3 Å². The maximum absolute atomic E-state index is 15.3. The van der Waals surface area contributed by atoms with Crippen LogP contribution in [0.2, 0.25) is 0 Å². The third kappa shape index (κ3) is 4.74. The van der Waals surface area contributed by atoms with E-state index in [9.17, 15) is 13.2 Å². The lowest BCUT2D eigenvalue weighted by molar-refractivity contribution is -0.137. The van der Waals surface area contributed by atoms with Crippen molar-refractivity contribution in [2.24, 2.45) is 0 Å². The molecule has 8 rings (SSSR count). The van der Waals surface area contributed by atoms with Gasteiger partial charge in [0.15, 0.2) is 5.69 Å². The van der Waals surface area contributed by atoms with Crippen molar-refractivity contribution in [2.75, 3.05) is 0 Å². The van der Waals surface area contributed by atoms with Crippen LogP contribution in [0.25, 0.3) is 71.0 Å². The molecule has 0 saturated carbocycles. The summed E-state index contributed by atoms with van der Waals surface area (Å²) < 4.78 is 92.0. The maximum atomic E-state index is 15.3. The van der Waals surface area contributed by atoms with Crippen LogP contribution in [0.4, 0.5) is 32.0 Å². The van der Waals surface area contributed by atoms with Gasteiger partial charge in [-0.05, 0) is 78.6 Å². The minimum atomic E-state index is -4.97. The van der Waals surface area contributed by atoms with Gasteiger partial charge in [-0.2, -0.15) is 26.3 Å². The van der Waals surface area contributed by atoms with Gasteiger partial charge in [0.05, 0.1) is 45.6 Å². The Kier molecular flexibility index (Phi) is 6.88. The fourth-order valence-corrected chi connectivity index (χ4v) is 7.28. The first-order chi connectivity index (χ1) is 23.9. The van der Waals surface area contributed by atoms with Crippen LogP contribution in [0.15, 0.2) is 115 Å². The predicted octanol–water partition coefficient (Wildman–Crippen LogP) is 12.8. The Morgan fingerprint density at radius 2 is 1.04 bits per heavy atom. The lowest BCUT2D eigenvalue weighted by atomic mass is 9.95. The van der Waals surface area contributed by atoms with E-state index in [2.05, 4.69) is 4.85 Å². The summed E-state index contributed by atoms with van der Waals surface area (Å²) in [5.41, 5.74) is 1.51. The summed E-state index contributed by atoms with van der Waals surface area (Å²) in [6, 6.07) is 31.3. The number of alkyl halides is 6. The first-order valence-corrected chi connectivity index (χ1v) is 15.7. The van der Waals surface area contributed by atoms with Crippen molar-refractivity contribution in [1.29, 1.82) is 0 Å². The molecule has 2 heterocycles. The van der Waals surface area contributed by atoms with Crippen LogP contribution in [0.3, 0.4) is 0 Å². The van der Waals surface area contributed by atoms with Gasteiger partial charge in [-0.1, -0.05) is 72.8 Å². The molecule has 0 saturated heterocycles. The number of aryl methyl sites for hydroxylation is 2. The van der Waals surface area contributed by atoms with E-state index in [1.54, 1.807) is 0 Å². The number of halogens is 6. The predicted molar refractivity (Wildman–Crippen MR) is 186 cm³/mol. The van der Waals surface area contributed by atoms with Crippen molar-refractivity contribution in [2.45, 2.75) is 26.2 Å². The first kappa shape index (κ1) is 31.3. The molecule has 0 aliphatic heterocycles. The maximum Gasteiger partial charge on any atom is 0.417 e. The van der Waals surface area contributed by atoms with Gasteiger partial charge in [0.25, 0.3) is 0 Å². The Balaban J connectivity index is 1.62. The molecular weight excluding hydrogens is 648 g/mol. The molecule has 0 fully saturated rings. The van der Waals surface area contributed by atoms with Gasteiger partial charge in [-0.15, -0.1) is 0 Å². The molecule has 9 heteroatoms. The van der Waals surface area contributed by atoms with Gasteiger partial charge in [0.1, 0.15) is 0 Å². The fraction of sp³-hybridized carbons (Fsp3) is 0.0976. The van der Waals surface area contributed by atoms with Gasteiger partial charge in [-0.25, -0.2) is 4.85 Å². The molecule has 0 aliphatic carbocycles. The molecule has 0 spiro atoms. The Hall–Kier alpha value is -6.01. The molecule has 0 aliphatic rings. The summed E-state index contributed by atoms with van der Waals surface area (Å²) in [5, 5.41) is 3.43. The Labute approximate surface area is 282 Å². The van der Waals surface area contributed by atoms with E-state index < -0.39 is 34.7 Å². The lowest BCUT2D eigenvalue weighted by Crippen LogP contribution is -2.13. The number of rotatable bonds is 3. The zero-order valence-electron chi connectivity index (χ0n) is 26.6. The van der Waals surface area contributed by atoms with Gasteiger partial charge >= 0.3 is 12.4 Å². The number of fused-ring (bicyclic) bond motifs is 6. The topological polar surface area (TPSA) is 14.2 Å². The Bertz CT molecular complexity index is 2720. The smallest absolute Gasteiger partial charge is 0.307 e. The van der Waals surface area contributed by atoms with E-state index >= 15 is 13.2 Å². The second-order valence-electron chi connectivity index (χ2n) is 12.4. The number of para-hydroxylation sites is 4. The number of benzene rings is 6. The molecule has 6 aromatic carbocycles. The minimum Gasteiger partial charge on any atom is -0.307 e. The minimum absolute atomic E-state index is 0.199. The van der Waals surface area contributed by atoms with Gasteiger partial charge < -0.3 is 9.13 Å². The summed E-state index contributed by atoms with van der Waals surface area (Å²) in [5.74, 6) is 0. The molecule has 0 unspecified atom stereocenters. The standard InChI is InChI=1S/C41H25F6N3/c1-23-10-8-14-30-28-12-4-6-16-34(28)49(38(23)30)36-21-32(25-18-26(40(42,43)44)20-27(19-25)48-3)33(41(45,46)47)22-37(36)50-35-17-7-5-13-29(35)31-15-9-11-24(2)39(31)50/h4-22H,1-2H3. The lowest BCUT2D eigenvalue weighted by Gasteiger charge is -2.23. The third-order valence-electron chi connectivity index (χ3n) is 9.38. The van der Waals surface area contributed by atoms with E-state index in [1.165, 1.54) is 6.07 Å². The molecule has 0 radical (unpaired) electrons. The molecule has 0 N–H and O–H groups in total. The van der Waals surface area contributed by atoms with Crippen molar-refractivity contribution in [3.05, 3.63) is 149 Å². The van der Waals surface area contributed by atoms with Gasteiger partial charge in [0.2, 0.25) is 0 Å². The van der Waals surface area contributed by atoms with Crippen LogP contribution in [0, 0.1) is 20.4 Å². The molecule has 8 aromatic rings. The van der Waals surface area contributed by atoms with Crippen molar-refractivity contribution >= 4 is 49.3 Å². The van der Waals surface area contributed by atoms with Crippen LogP contribution in [0.1, 0.15) is 22.3 Å². The van der Waals surface area contributed by atoms with Crippen molar-refractivity contribution in [3.8, 4) is 22.5 Å². The van der Waals surface area contributed by atoms with Crippen LogP contribution in [-0.2, 0) is 12.4 Å². The third-order valence-corrected chi connectivity index (χ3v) is 9.38. The van der Waals surface area contributed by atoms with Crippen LogP contribution < -0.4 is 0 Å². The van der Waals surface area contributed by atoms with Crippen LogP contribution in [-0.4, -0.2) is 9.13 Å². The molecular formula is C41H25F6N3. The van der Waals surface area contributed by atoms with Gasteiger partial charge in [-0.3, -0.25) is 0 Å². The summed E-state index contributed by atoms with van der Waals surface area (Å²) in [4.78, 5) is 3.18. The number of aromatic nitrogens is 2. The van der Waals surface area contributed by atoms with E-state index in [1.807, 2.05) is 108 Å². The molecule has 0 atom stereocenters. The highest BCUT2D eigenvalue weighted by Gasteiger charge is 2.37. The number of nitrogens with zero attached hydrogens (tertiary/aromatic N) is 3. The van der Waals surface area contributed by atoms with Crippen molar-refractivity contribution in [3.63, 3.8) is 0 Å². The molecule has 50 heavy (non-hydrogen) atoms. The summed E-state index contributed by atoms with van der Waals surface area (Å²) in [6.07, 6.45) is -9.86.